The third-order valence-electron chi connectivity index (χ3n) is 2.22. The summed E-state index contributed by atoms with van der Waals surface area (Å²) in [6, 6.07) is 0. The quantitative estimate of drug-likeness (QED) is 0.703. The summed E-state index contributed by atoms with van der Waals surface area (Å²) in [5, 5.41) is 7.63. The molecule has 15 heavy (non-hydrogen) atoms. The van der Waals surface area contributed by atoms with Crippen molar-refractivity contribution in [2.24, 2.45) is 5.92 Å². The zero-order chi connectivity index (χ0) is 11.3. The number of ether oxygens (including phenoxy) is 1. The van der Waals surface area contributed by atoms with Crippen molar-refractivity contribution in [3.63, 3.8) is 0 Å². The first-order valence-electron chi connectivity index (χ1n) is 5.32. The Morgan fingerprint density at radius 3 is 2.80 bits per heavy atom. The molecule has 0 spiro atoms. The molecule has 0 saturated heterocycles. The van der Waals surface area contributed by atoms with Gasteiger partial charge < -0.3 is 10.1 Å². The Balaban J connectivity index is 2.66. The molecule has 1 unspecified atom stereocenters. The second kappa shape index (κ2) is 5.66. The van der Waals surface area contributed by atoms with Crippen LogP contribution in [0.3, 0.4) is 0 Å². The molecule has 1 aliphatic carbocycles. The normalized spacial score (nSPS) is 20.3. The lowest BCUT2D eigenvalue weighted by Crippen LogP contribution is -2.08. The summed E-state index contributed by atoms with van der Waals surface area (Å²) in [5.74, 6) is 0.116. The van der Waals surface area contributed by atoms with Gasteiger partial charge in [-0.15, -0.1) is 0 Å². The first-order valence-corrected chi connectivity index (χ1v) is 5.32. The minimum Gasteiger partial charge on any atom is -0.374 e. The van der Waals surface area contributed by atoms with Crippen LogP contribution in [-0.4, -0.2) is 18.4 Å². The summed E-state index contributed by atoms with van der Waals surface area (Å²) in [5.41, 5.74) is 1.81. The van der Waals surface area contributed by atoms with Gasteiger partial charge in [-0.1, -0.05) is 30.4 Å². The SMILES string of the molecule is CC(=N)C1C=CC=CC(COC(C)C)=C1. The first kappa shape index (κ1) is 11.9. The molecular weight excluding hydrogens is 186 g/mol. The van der Waals surface area contributed by atoms with E-state index in [1.807, 2.05) is 45.1 Å². The minimum absolute atomic E-state index is 0.116. The Morgan fingerprint density at radius 1 is 1.47 bits per heavy atom. The highest BCUT2D eigenvalue weighted by Crippen LogP contribution is 2.13. The van der Waals surface area contributed by atoms with Crippen LogP contribution in [0.15, 0.2) is 36.0 Å². The highest BCUT2D eigenvalue weighted by Gasteiger charge is 2.07. The van der Waals surface area contributed by atoms with E-state index in [2.05, 4.69) is 6.08 Å². The Bertz CT molecular complexity index is 310. The van der Waals surface area contributed by atoms with E-state index in [1.54, 1.807) is 0 Å². The van der Waals surface area contributed by atoms with Crippen molar-refractivity contribution in [2.45, 2.75) is 26.9 Å². The van der Waals surface area contributed by atoms with Gasteiger partial charge in [0.25, 0.3) is 0 Å². The lowest BCUT2D eigenvalue weighted by molar-refractivity contribution is 0.0987. The molecule has 1 atom stereocenters. The van der Waals surface area contributed by atoms with Crippen molar-refractivity contribution in [3.05, 3.63) is 36.0 Å². The van der Waals surface area contributed by atoms with Crippen LogP contribution in [0.5, 0.6) is 0 Å². The second-order valence-corrected chi connectivity index (χ2v) is 4.05. The third-order valence-corrected chi connectivity index (χ3v) is 2.22. The molecule has 2 nitrogen and oxygen atoms in total. The zero-order valence-corrected chi connectivity index (χ0v) is 9.66. The monoisotopic (exact) mass is 205 g/mol. The van der Waals surface area contributed by atoms with Crippen molar-refractivity contribution in [3.8, 4) is 0 Å². The van der Waals surface area contributed by atoms with E-state index >= 15 is 0 Å². The van der Waals surface area contributed by atoms with Gasteiger partial charge in [0.1, 0.15) is 0 Å². The van der Waals surface area contributed by atoms with Crippen LogP contribution in [0.1, 0.15) is 20.8 Å². The molecule has 0 fully saturated rings. The predicted octanol–water partition coefficient (Wildman–Crippen LogP) is 3.12. The molecule has 0 aromatic heterocycles. The minimum atomic E-state index is 0.116. The molecule has 1 rings (SSSR count). The van der Waals surface area contributed by atoms with Gasteiger partial charge in [0.05, 0.1) is 12.7 Å². The Hall–Kier alpha value is -1.15. The topological polar surface area (TPSA) is 33.1 Å². The van der Waals surface area contributed by atoms with E-state index in [-0.39, 0.29) is 12.0 Å². The highest BCUT2D eigenvalue weighted by atomic mass is 16.5. The molecular formula is C13H19NO. The summed E-state index contributed by atoms with van der Waals surface area (Å²) in [6.45, 7) is 6.51. The number of rotatable bonds is 4. The fourth-order valence-corrected chi connectivity index (χ4v) is 1.33. The molecule has 0 saturated carbocycles. The van der Waals surface area contributed by atoms with E-state index in [0.717, 1.165) is 5.57 Å². The van der Waals surface area contributed by atoms with Crippen LogP contribution in [0.4, 0.5) is 0 Å². The summed E-state index contributed by atoms with van der Waals surface area (Å²) in [4.78, 5) is 0. The summed E-state index contributed by atoms with van der Waals surface area (Å²) in [7, 11) is 0. The number of nitrogens with one attached hydrogen (secondary N) is 1. The Labute approximate surface area is 91.8 Å². The number of hydrogen-bond donors (Lipinski definition) is 1. The molecule has 1 aliphatic rings. The van der Waals surface area contributed by atoms with Gasteiger partial charge in [-0.2, -0.15) is 0 Å². The number of hydrogen-bond acceptors (Lipinski definition) is 2. The lowest BCUT2D eigenvalue weighted by Gasteiger charge is -2.10. The Kier molecular flexibility index (Phi) is 4.50. The van der Waals surface area contributed by atoms with Gasteiger partial charge in [0.15, 0.2) is 0 Å². The van der Waals surface area contributed by atoms with Gasteiger partial charge in [-0.05, 0) is 26.3 Å². The van der Waals surface area contributed by atoms with Crippen LogP contribution >= 0.6 is 0 Å². The third kappa shape index (κ3) is 4.26. The summed E-state index contributed by atoms with van der Waals surface area (Å²) >= 11 is 0. The van der Waals surface area contributed by atoms with Gasteiger partial charge in [-0.3, -0.25) is 0 Å². The predicted molar refractivity (Wildman–Crippen MR) is 64.3 cm³/mol. The Morgan fingerprint density at radius 2 is 2.20 bits per heavy atom. The largest absolute Gasteiger partial charge is 0.374 e. The summed E-state index contributed by atoms with van der Waals surface area (Å²) < 4.78 is 5.55. The van der Waals surface area contributed by atoms with Crippen LogP contribution in [-0.2, 0) is 4.74 Å². The van der Waals surface area contributed by atoms with Gasteiger partial charge in [0, 0.05) is 11.6 Å². The smallest absolute Gasteiger partial charge is 0.0717 e. The van der Waals surface area contributed by atoms with Crippen molar-refractivity contribution in [1.82, 2.24) is 0 Å². The molecule has 0 radical (unpaired) electrons. The summed E-state index contributed by atoms with van der Waals surface area (Å²) in [6.07, 6.45) is 10.4. The molecule has 82 valence electrons. The van der Waals surface area contributed by atoms with Crippen LogP contribution in [0.25, 0.3) is 0 Å². The molecule has 0 aliphatic heterocycles. The molecule has 2 heteroatoms. The maximum absolute atomic E-state index is 7.63. The standard InChI is InChI=1S/C13H19NO/c1-10(2)15-9-12-6-4-5-7-13(8-12)11(3)14/h4-8,10,13-14H,9H2,1-3H3. The van der Waals surface area contributed by atoms with E-state index in [9.17, 15) is 0 Å². The van der Waals surface area contributed by atoms with E-state index < -0.39 is 0 Å². The van der Waals surface area contributed by atoms with Crippen molar-refractivity contribution < 1.29 is 4.74 Å². The maximum Gasteiger partial charge on any atom is 0.0717 e. The van der Waals surface area contributed by atoms with Crippen molar-refractivity contribution >= 4 is 5.71 Å². The van der Waals surface area contributed by atoms with Gasteiger partial charge in [0.2, 0.25) is 0 Å². The fourth-order valence-electron chi connectivity index (χ4n) is 1.33. The van der Waals surface area contributed by atoms with E-state index in [4.69, 9.17) is 10.1 Å². The molecule has 0 aromatic carbocycles. The zero-order valence-electron chi connectivity index (χ0n) is 9.66. The number of allylic oxidation sites excluding steroid dienone is 4. The molecule has 1 N–H and O–H groups in total. The van der Waals surface area contributed by atoms with E-state index in [1.165, 1.54) is 0 Å². The van der Waals surface area contributed by atoms with Gasteiger partial charge in [-0.25, -0.2) is 0 Å². The van der Waals surface area contributed by atoms with Gasteiger partial charge >= 0.3 is 0 Å². The van der Waals surface area contributed by atoms with Crippen molar-refractivity contribution in [2.75, 3.05) is 6.61 Å². The average molecular weight is 205 g/mol. The maximum atomic E-state index is 7.63. The van der Waals surface area contributed by atoms with Crippen LogP contribution in [0.2, 0.25) is 0 Å². The van der Waals surface area contributed by atoms with Crippen molar-refractivity contribution in [1.29, 1.82) is 5.41 Å². The molecule has 0 bridgehead atoms. The van der Waals surface area contributed by atoms with E-state index in [0.29, 0.717) is 12.3 Å². The fraction of sp³-hybridized carbons (Fsp3) is 0.462. The first-order chi connectivity index (χ1) is 7.09. The molecule has 0 heterocycles. The van der Waals surface area contributed by atoms with Crippen LogP contribution < -0.4 is 0 Å². The highest BCUT2D eigenvalue weighted by molar-refractivity contribution is 5.85. The second-order valence-electron chi connectivity index (χ2n) is 4.05. The lowest BCUT2D eigenvalue weighted by atomic mass is 10.0. The molecule has 0 amide bonds. The molecule has 0 aromatic rings. The average Bonchev–Trinajstić information content (AvgIpc) is 2.39. The van der Waals surface area contributed by atoms with Crippen LogP contribution in [0, 0.1) is 11.3 Å².